The maximum atomic E-state index is 2.42. The van der Waals surface area contributed by atoms with Crippen LogP contribution in [0.2, 0.25) is 0 Å². The molecule has 4 aromatic rings. The van der Waals surface area contributed by atoms with E-state index < -0.39 is 8.07 Å². The van der Waals surface area contributed by atoms with Gasteiger partial charge < -0.3 is 0 Å². The molecule has 0 aromatic heterocycles. The van der Waals surface area contributed by atoms with Crippen molar-refractivity contribution < 1.29 is 0 Å². The van der Waals surface area contributed by atoms with Crippen LogP contribution in [0.5, 0.6) is 0 Å². The minimum Gasteiger partial charge on any atom is -0.0808 e. The highest BCUT2D eigenvalue weighted by molar-refractivity contribution is 7.19. The molecule has 0 spiro atoms. The molecule has 0 amide bonds. The lowest BCUT2D eigenvalue weighted by molar-refractivity contribution is 1.32. The molecule has 0 nitrogen and oxygen atoms in total. The molecule has 0 saturated carbocycles. The molecule has 0 N–H and O–H groups in total. The molecule has 0 saturated heterocycles. The predicted molar refractivity (Wildman–Crippen MR) is 150 cm³/mol. The van der Waals surface area contributed by atoms with Gasteiger partial charge in [0.15, 0.2) is 8.07 Å². The van der Waals surface area contributed by atoms with Crippen LogP contribution in [-0.2, 0) is 0 Å². The van der Waals surface area contributed by atoms with E-state index in [1.165, 1.54) is 37.8 Å². The maximum absolute atomic E-state index is 2.50. The van der Waals surface area contributed by atoms with E-state index in [1.807, 2.05) is 0 Å². The molecule has 0 fully saturated rings. The summed E-state index contributed by atoms with van der Waals surface area (Å²) < 4.78 is 0. The first-order valence-corrected chi connectivity index (χ1v) is 14.2. The number of fused-ring (bicyclic) bond motifs is 4. The van der Waals surface area contributed by atoms with E-state index in [9.17, 15) is 0 Å². The van der Waals surface area contributed by atoms with Crippen LogP contribution < -0.4 is 15.6 Å². The summed E-state index contributed by atoms with van der Waals surface area (Å²) in [5.74, 6) is 0. The quantitative estimate of drug-likeness (QED) is 0.309. The van der Waals surface area contributed by atoms with Crippen LogP contribution >= 0.6 is 0 Å². The van der Waals surface area contributed by atoms with Crippen LogP contribution in [0.4, 0.5) is 0 Å². The Balaban J connectivity index is 1.82. The minimum atomic E-state index is -2.50. The lowest BCUT2D eigenvalue weighted by Crippen LogP contribution is -2.67. The molecule has 164 valence electrons. The van der Waals surface area contributed by atoms with Crippen LogP contribution in [0.15, 0.2) is 133 Å². The Labute approximate surface area is 203 Å². The zero-order chi connectivity index (χ0) is 23.0. The smallest absolute Gasteiger partial charge is 0.0808 e. The molecule has 4 aromatic carbocycles. The van der Waals surface area contributed by atoms with Crippen molar-refractivity contribution in [2.45, 2.75) is 19.8 Å². The van der Waals surface area contributed by atoms with Crippen LogP contribution in [0.1, 0.15) is 24.0 Å². The number of hydrogen-bond acceptors (Lipinski definition) is 0. The Morgan fingerprint density at radius 2 is 1.35 bits per heavy atom. The van der Waals surface area contributed by atoms with E-state index in [2.05, 4.69) is 134 Å². The van der Waals surface area contributed by atoms with Crippen molar-refractivity contribution in [1.29, 1.82) is 0 Å². The SMILES string of the molecule is Cc1ccc2ccc3c(c2c1)[Si](c1ccccc1)(c1ccccc1)C1=C3/C=C\C/C=C\C=C/C1. The van der Waals surface area contributed by atoms with Crippen molar-refractivity contribution in [3.63, 3.8) is 0 Å². The summed E-state index contributed by atoms with van der Waals surface area (Å²) in [6.45, 7) is 2.22. The molecule has 0 atom stereocenters. The van der Waals surface area contributed by atoms with E-state index in [4.69, 9.17) is 0 Å². The Hall–Kier alpha value is -3.68. The monoisotopic (exact) mass is 452 g/mol. The van der Waals surface area contributed by atoms with E-state index in [0.717, 1.165) is 12.8 Å². The molecular formula is C33H28Si. The van der Waals surface area contributed by atoms with Gasteiger partial charge in [0.25, 0.3) is 0 Å². The van der Waals surface area contributed by atoms with Crippen molar-refractivity contribution in [3.05, 3.63) is 144 Å². The van der Waals surface area contributed by atoms with Crippen LogP contribution in [0.3, 0.4) is 0 Å². The highest BCUT2D eigenvalue weighted by atomic mass is 28.3. The van der Waals surface area contributed by atoms with Crippen LogP contribution in [0.25, 0.3) is 16.3 Å². The van der Waals surface area contributed by atoms with Gasteiger partial charge in [-0.25, -0.2) is 0 Å². The third kappa shape index (κ3) is 3.20. The molecule has 2 aliphatic rings. The summed E-state index contributed by atoms with van der Waals surface area (Å²) in [5.41, 5.74) is 4.16. The first-order chi connectivity index (χ1) is 16.8. The minimum absolute atomic E-state index is 0.953. The fraction of sp³-hybridized carbons (Fsp3) is 0.0909. The van der Waals surface area contributed by atoms with Crippen molar-refractivity contribution in [3.8, 4) is 0 Å². The lowest BCUT2D eigenvalue weighted by atomic mass is 9.98. The molecule has 0 unspecified atom stereocenters. The fourth-order valence-corrected chi connectivity index (χ4v) is 11.5. The largest absolute Gasteiger partial charge is 0.177 e. The van der Waals surface area contributed by atoms with E-state index in [0.29, 0.717) is 0 Å². The van der Waals surface area contributed by atoms with Gasteiger partial charge in [0, 0.05) is 0 Å². The first-order valence-electron chi connectivity index (χ1n) is 12.2. The molecule has 0 radical (unpaired) electrons. The van der Waals surface area contributed by atoms with Crippen molar-refractivity contribution in [1.82, 2.24) is 0 Å². The van der Waals surface area contributed by atoms with Gasteiger partial charge in [-0.15, -0.1) is 0 Å². The second-order valence-electron chi connectivity index (χ2n) is 9.29. The van der Waals surface area contributed by atoms with Gasteiger partial charge in [-0.2, -0.15) is 0 Å². The van der Waals surface area contributed by atoms with Crippen LogP contribution in [0, 0.1) is 6.92 Å². The Kier molecular flexibility index (Phi) is 5.28. The second kappa shape index (κ2) is 8.59. The average Bonchev–Trinajstić information content (AvgIpc) is 3.18. The van der Waals surface area contributed by atoms with E-state index in [-0.39, 0.29) is 0 Å². The summed E-state index contributed by atoms with van der Waals surface area (Å²) in [5, 5.41) is 8.83. The second-order valence-corrected chi connectivity index (χ2v) is 13.0. The third-order valence-corrected chi connectivity index (χ3v) is 12.4. The zero-order valence-electron chi connectivity index (χ0n) is 19.5. The van der Waals surface area contributed by atoms with Crippen molar-refractivity contribution in [2.75, 3.05) is 0 Å². The molecule has 1 aliphatic heterocycles. The number of aryl methyl sites for hydroxylation is 1. The third-order valence-electron chi connectivity index (χ3n) is 7.30. The molecule has 6 rings (SSSR count). The average molecular weight is 453 g/mol. The van der Waals surface area contributed by atoms with Gasteiger partial charge in [0.1, 0.15) is 0 Å². The van der Waals surface area contributed by atoms with Gasteiger partial charge in [0.2, 0.25) is 0 Å². The lowest BCUT2D eigenvalue weighted by Gasteiger charge is -2.34. The summed E-state index contributed by atoms with van der Waals surface area (Å²) in [7, 11) is -2.50. The summed E-state index contributed by atoms with van der Waals surface area (Å²) in [4.78, 5) is 0. The number of benzene rings is 4. The Bertz CT molecular complexity index is 1440. The van der Waals surface area contributed by atoms with Gasteiger partial charge in [-0.1, -0.05) is 138 Å². The highest BCUT2D eigenvalue weighted by Gasteiger charge is 2.50. The van der Waals surface area contributed by atoms with E-state index >= 15 is 0 Å². The molecule has 34 heavy (non-hydrogen) atoms. The maximum Gasteiger partial charge on any atom is 0.177 e. The molecule has 0 bridgehead atoms. The Morgan fingerprint density at radius 1 is 0.676 bits per heavy atom. The predicted octanol–water partition coefficient (Wildman–Crippen LogP) is 6.39. The van der Waals surface area contributed by atoms with E-state index in [1.54, 1.807) is 10.4 Å². The number of hydrogen-bond donors (Lipinski definition) is 0. The topological polar surface area (TPSA) is 0 Å². The van der Waals surface area contributed by atoms with Gasteiger partial charge in [-0.05, 0) is 57.2 Å². The summed E-state index contributed by atoms with van der Waals surface area (Å²) in [6.07, 6.45) is 15.6. The molecule has 1 heteroatoms. The van der Waals surface area contributed by atoms with Crippen LogP contribution in [-0.4, -0.2) is 8.07 Å². The summed E-state index contributed by atoms with van der Waals surface area (Å²) >= 11 is 0. The number of rotatable bonds is 2. The standard InChI is InChI=1S/C33H28Si/c1-25-20-21-26-22-23-30-29-18-12-4-2-3-5-13-19-32(29)34(33(30)31(26)24-25,27-14-8-6-9-15-27)28-16-10-7-11-17-28/h2-3,5-18,20-24H,4,19H2,1H3/b3-2-,13-5-,18-12-. The molecule has 1 heterocycles. The molecular weight excluding hydrogens is 424 g/mol. The van der Waals surface area contributed by atoms with Gasteiger partial charge >= 0.3 is 0 Å². The fourth-order valence-electron chi connectivity index (χ4n) is 5.90. The van der Waals surface area contributed by atoms with Gasteiger partial charge in [-0.3, -0.25) is 0 Å². The van der Waals surface area contributed by atoms with Gasteiger partial charge in [0.05, 0.1) is 0 Å². The Morgan fingerprint density at radius 3 is 2.09 bits per heavy atom. The summed E-state index contributed by atoms with van der Waals surface area (Å²) in [6, 6.07) is 34.3. The van der Waals surface area contributed by atoms with Crippen molar-refractivity contribution in [2.24, 2.45) is 0 Å². The highest BCUT2D eigenvalue weighted by Crippen LogP contribution is 2.39. The first kappa shape index (κ1) is 20.9. The number of allylic oxidation sites excluding steroid dienone is 8. The molecule has 1 aliphatic carbocycles. The normalized spacial score (nSPS) is 19.3. The zero-order valence-corrected chi connectivity index (χ0v) is 20.5. The van der Waals surface area contributed by atoms with Crippen molar-refractivity contribution >= 4 is 40.0 Å².